The fourth-order valence-electron chi connectivity index (χ4n) is 3.77. The van der Waals surface area contributed by atoms with Gasteiger partial charge in [-0.15, -0.1) is 0 Å². The molecule has 0 radical (unpaired) electrons. The van der Waals surface area contributed by atoms with Gasteiger partial charge in [0.05, 0.1) is 0 Å². The molecule has 2 bridgehead atoms. The summed E-state index contributed by atoms with van der Waals surface area (Å²) in [6, 6.07) is 9.74. The van der Waals surface area contributed by atoms with Gasteiger partial charge in [0, 0.05) is 31.5 Å². The van der Waals surface area contributed by atoms with Gasteiger partial charge in [0.2, 0.25) is 0 Å². The van der Waals surface area contributed by atoms with E-state index in [2.05, 4.69) is 0 Å². The molecule has 1 heterocycles. The largest absolute Gasteiger partial charge is 0.417 e. The lowest BCUT2D eigenvalue weighted by atomic mass is 9.79. The van der Waals surface area contributed by atoms with Crippen molar-refractivity contribution in [2.75, 3.05) is 13.1 Å². The lowest BCUT2D eigenvalue weighted by molar-refractivity contribution is -0.298. The van der Waals surface area contributed by atoms with Crippen LogP contribution in [0, 0.1) is 11.8 Å². The van der Waals surface area contributed by atoms with Crippen LogP contribution in [0.2, 0.25) is 0 Å². The third kappa shape index (κ3) is 2.13. The molecule has 5 heteroatoms. The van der Waals surface area contributed by atoms with Crippen molar-refractivity contribution in [2.45, 2.75) is 31.2 Å². The van der Waals surface area contributed by atoms with E-state index in [1.807, 2.05) is 35.2 Å². The standard InChI is InChI=1S/C15H18F3NO/c16-15(17,18)14(20)12-6-7-13(14)10-19(9-12)8-11-4-2-1-3-5-11/h1-5,12-13,20H,6-10H2/t12-,13-/m0/s1. The maximum Gasteiger partial charge on any atom is 0.417 e. The average molecular weight is 285 g/mol. The molecule has 1 aliphatic carbocycles. The Bertz CT molecular complexity index is 460. The van der Waals surface area contributed by atoms with Crippen LogP contribution in [0.15, 0.2) is 30.3 Å². The minimum Gasteiger partial charge on any atom is -0.380 e. The van der Waals surface area contributed by atoms with Crippen molar-refractivity contribution >= 4 is 0 Å². The summed E-state index contributed by atoms with van der Waals surface area (Å²) in [6.07, 6.45) is -3.59. The van der Waals surface area contributed by atoms with E-state index >= 15 is 0 Å². The number of nitrogens with zero attached hydrogens (tertiary/aromatic N) is 1. The molecule has 2 nitrogen and oxygen atoms in total. The fraction of sp³-hybridized carbons (Fsp3) is 0.600. The second-order valence-corrected chi connectivity index (χ2v) is 5.97. The molecular formula is C15H18F3NO. The summed E-state index contributed by atoms with van der Waals surface area (Å²) in [5.74, 6) is -1.38. The van der Waals surface area contributed by atoms with Gasteiger partial charge < -0.3 is 5.11 Å². The summed E-state index contributed by atoms with van der Waals surface area (Å²) in [5.41, 5.74) is -1.37. The molecular weight excluding hydrogens is 267 g/mol. The average Bonchev–Trinajstić information content (AvgIpc) is 2.60. The molecule has 0 spiro atoms. The summed E-state index contributed by atoms with van der Waals surface area (Å²) in [6.45, 7) is 1.30. The monoisotopic (exact) mass is 285 g/mol. The van der Waals surface area contributed by atoms with Crippen LogP contribution in [0.4, 0.5) is 13.2 Å². The number of benzene rings is 1. The number of rotatable bonds is 2. The van der Waals surface area contributed by atoms with Gasteiger partial charge in [-0.05, 0) is 18.4 Å². The van der Waals surface area contributed by atoms with Crippen LogP contribution in [0.1, 0.15) is 18.4 Å². The van der Waals surface area contributed by atoms with Crippen LogP contribution in [0.3, 0.4) is 0 Å². The molecule has 20 heavy (non-hydrogen) atoms. The van der Waals surface area contributed by atoms with Crippen LogP contribution in [-0.2, 0) is 6.54 Å². The van der Waals surface area contributed by atoms with Crippen molar-refractivity contribution < 1.29 is 18.3 Å². The number of hydrogen-bond acceptors (Lipinski definition) is 2. The first kappa shape index (κ1) is 13.9. The lowest BCUT2D eigenvalue weighted by Gasteiger charge is -2.45. The molecule has 1 aliphatic heterocycles. The second kappa shape index (κ2) is 4.74. The first-order valence-electron chi connectivity index (χ1n) is 6.96. The van der Waals surface area contributed by atoms with E-state index in [9.17, 15) is 18.3 Å². The minimum absolute atomic E-state index is 0.321. The zero-order valence-corrected chi connectivity index (χ0v) is 11.1. The van der Waals surface area contributed by atoms with Crippen LogP contribution in [-0.4, -0.2) is 34.9 Å². The smallest absolute Gasteiger partial charge is 0.380 e. The Labute approximate surface area is 116 Å². The van der Waals surface area contributed by atoms with E-state index in [1.54, 1.807) is 0 Å². The molecule has 2 fully saturated rings. The van der Waals surface area contributed by atoms with Gasteiger partial charge >= 0.3 is 6.18 Å². The second-order valence-electron chi connectivity index (χ2n) is 5.97. The highest BCUT2D eigenvalue weighted by molar-refractivity contribution is 5.16. The van der Waals surface area contributed by atoms with Gasteiger partial charge in [-0.2, -0.15) is 13.2 Å². The van der Waals surface area contributed by atoms with E-state index in [-0.39, 0.29) is 0 Å². The van der Waals surface area contributed by atoms with Gasteiger partial charge in [0.25, 0.3) is 0 Å². The number of likely N-dealkylation sites (tertiary alicyclic amines) is 1. The van der Waals surface area contributed by atoms with Crippen molar-refractivity contribution in [3.63, 3.8) is 0 Å². The molecule has 1 saturated carbocycles. The molecule has 1 aromatic rings. The van der Waals surface area contributed by atoms with Crippen molar-refractivity contribution in [2.24, 2.45) is 11.8 Å². The maximum atomic E-state index is 13.2. The quantitative estimate of drug-likeness (QED) is 0.903. The molecule has 1 saturated heterocycles. The van der Waals surface area contributed by atoms with Crippen LogP contribution >= 0.6 is 0 Å². The van der Waals surface area contributed by atoms with E-state index in [4.69, 9.17) is 0 Å². The topological polar surface area (TPSA) is 23.5 Å². The fourth-order valence-corrected chi connectivity index (χ4v) is 3.77. The Hall–Kier alpha value is -1.07. The molecule has 3 rings (SSSR count). The van der Waals surface area contributed by atoms with E-state index in [1.165, 1.54) is 0 Å². The zero-order chi connectivity index (χ0) is 14.4. The summed E-state index contributed by atoms with van der Waals surface area (Å²) in [5, 5.41) is 10.1. The Morgan fingerprint density at radius 3 is 2.15 bits per heavy atom. The molecule has 1 aromatic carbocycles. The number of aliphatic hydroxyl groups is 1. The number of hydrogen-bond donors (Lipinski definition) is 1. The number of halogens is 3. The highest BCUT2D eigenvalue weighted by Crippen LogP contribution is 2.53. The van der Waals surface area contributed by atoms with Gasteiger partial charge in [-0.1, -0.05) is 30.3 Å². The van der Waals surface area contributed by atoms with Crippen molar-refractivity contribution in [1.29, 1.82) is 0 Å². The van der Waals surface area contributed by atoms with E-state index in [0.29, 0.717) is 32.5 Å². The van der Waals surface area contributed by atoms with Crippen LogP contribution < -0.4 is 0 Å². The summed E-state index contributed by atoms with van der Waals surface area (Å²) in [7, 11) is 0. The third-order valence-electron chi connectivity index (χ3n) is 4.77. The molecule has 2 atom stereocenters. The predicted octanol–water partition coefficient (Wildman–Crippen LogP) is 2.82. The molecule has 2 aliphatic rings. The summed E-state index contributed by atoms with van der Waals surface area (Å²) >= 11 is 0. The molecule has 0 aromatic heterocycles. The van der Waals surface area contributed by atoms with Crippen molar-refractivity contribution in [3.8, 4) is 0 Å². The van der Waals surface area contributed by atoms with Crippen molar-refractivity contribution in [3.05, 3.63) is 35.9 Å². The molecule has 0 amide bonds. The normalized spacial score (nSPS) is 34.4. The minimum atomic E-state index is -4.52. The van der Waals surface area contributed by atoms with Gasteiger partial charge in [0.15, 0.2) is 5.60 Å². The summed E-state index contributed by atoms with van der Waals surface area (Å²) in [4.78, 5) is 2.04. The van der Waals surface area contributed by atoms with E-state index < -0.39 is 23.6 Å². The zero-order valence-electron chi connectivity index (χ0n) is 11.1. The van der Waals surface area contributed by atoms with Crippen molar-refractivity contribution in [1.82, 2.24) is 4.90 Å². The number of fused-ring (bicyclic) bond motifs is 2. The van der Waals surface area contributed by atoms with Gasteiger partial charge in [-0.25, -0.2) is 0 Å². The summed E-state index contributed by atoms with van der Waals surface area (Å²) < 4.78 is 39.5. The van der Waals surface area contributed by atoms with Gasteiger partial charge in [0.1, 0.15) is 0 Å². The number of piperidine rings is 1. The highest BCUT2D eigenvalue weighted by Gasteiger charge is 2.67. The molecule has 0 unspecified atom stereocenters. The lowest BCUT2D eigenvalue weighted by Crippen LogP contribution is -2.61. The van der Waals surface area contributed by atoms with Crippen LogP contribution in [0.25, 0.3) is 0 Å². The van der Waals surface area contributed by atoms with Crippen LogP contribution in [0.5, 0.6) is 0 Å². The third-order valence-corrected chi connectivity index (χ3v) is 4.77. The Balaban J connectivity index is 1.74. The Morgan fingerprint density at radius 1 is 1.10 bits per heavy atom. The maximum absolute atomic E-state index is 13.2. The number of alkyl halides is 3. The highest BCUT2D eigenvalue weighted by atomic mass is 19.4. The molecule has 1 N–H and O–H groups in total. The predicted molar refractivity (Wildman–Crippen MR) is 68.9 cm³/mol. The SMILES string of the molecule is OC1(C(F)(F)F)[C@H]2CC[C@H]1CN(Cc1ccccc1)C2. The van der Waals surface area contributed by atoms with E-state index in [0.717, 1.165) is 5.56 Å². The molecule has 110 valence electrons. The Morgan fingerprint density at radius 2 is 1.65 bits per heavy atom. The first-order valence-corrected chi connectivity index (χ1v) is 6.96. The van der Waals surface area contributed by atoms with Gasteiger partial charge in [-0.3, -0.25) is 4.90 Å². The first-order chi connectivity index (χ1) is 9.41. The Kier molecular flexibility index (Phi) is 3.29.